The number of hydrogen-bond acceptors (Lipinski definition) is 7. The number of fused-ring (bicyclic) bond motifs is 2. The third-order valence-corrected chi connectivity index (χ3v) is 11.4. The fourth-order valence-electron chi connectivity index (χ4n) is 10.7. The summed E-state index contributed by atoms with van der Waals surface area (Å²) in [6.45, 7) is 13.6. The van der Waals surface area contributed by atoms with Crippen LogP contribution in [0.4, 0.5) is 0 Å². The summed E-state index contributed by atoms with van der Waals surface area (Å²) in [7, 11) is 0. The minimum atomic E-state index is -1.46. The van der Waals surface area contributed by atoms with Gasteiger partial charge in [-0.1, -0.05) is 20.4 Å². The van der Waals surface area contributed by atoms with E-state index in [9.17, 15) is 9.90 Å². The van der Waals surface area contributed by atoms with Crippen molar-refractivity contribution < 1.29 is 33.6 Å². The summed E-state index contributed by atoms with van der Waals surface area (Å²) in [6.07, 6.45) is 3.95. The predicted molar refractivity (Wildman–Crippen MR) is 127 cm³/mol. The van der Waals surface area contributed by atoms with Crippen LogP contribution in [0.5, 0.6) is 0 Å². The van der Waals surface area contributed by atoms with E-state index in [4.69, 9.17) is 23.7 Å². The van der Waals surface area contributed by atoms with Crippen molar-refractivity contribution >= 4 is 5.78 Å². The largest absolute Gasteiger partial charge is 0.468 e. The number of ether oxygens (including phenoxy) is 5. The molecule has 1 N–H and O–H groups in total. The van der Waals surface area contributed by atoms with Crippen molar-refractivity contribution in [3.05, 3.63) is 23.5 Å². The van der Waals surface area contributed by atoms with E-state index < -0.39 is 34.6 Å². The molecule has 3 spiro atoms. The molecule has 7 fully saturated rings. The fourth-order valence-corrected chi connectivity index (χ4v) is 10.7. The van der Waals surface area contributed by atoms with Gasteiger partial charge in [-0.15, -0.1) is 0 Å². The monoisotopic (exact) mass is 498 g/mol. The smallest absolute Gasteiger partial charge is 0.213 e. The van der Waals surface area contributed by atoms with Gasteiger partial charge in [-0.25, -0.2) is 0 Å². The molecule has 0 aromatic carbocycles. The molecule has 4 aliphatic carbocycles. The van der Waals surface area contributed by atoms with Gasteiger partial charge < -0.3 is 28.8 Å². The highest BCUT2D eigenvalue weighted by Crippen LogP contribution is 2.80. The molecule has 3 saturated carbocycles. The molecule has 5 aliphatic heterocycles. The van der Waals surface area contributed by atoms with Crippen LogP contribution in [-0.4, -0.2) is 54.2 Å². The molecule has 9 rings (SSSR count). The van der Waals surface area contributed by atoms with E-state index in [1.807, 2.05) is 13.8 Å². The molecular weight excluding hydrogens is 460 g/mol. The van der Waals surface area contributed by atoms with E-state index in [0.29, 0.717) is 24.7 Å². The summed E-state index contributed by atoms with van der Waals surface area (Å²) in [5, 5.41) is 12.4. The van der Waals surface area contributed by atoms with Gasteiger partial charge in [0.2, 0.25) is 12.1 Å². The Morgan fingerprint density at radius 1 is 1.11 bits per heavy atom. The molecule has 5 heterocycles. The number of hydrogen-bond donors (Lipinski definition) is 1. The number of aliphatic hydroxyl groups excluding tert-OH is 1. The summed E-state index contributed by atoms with van der Waals surface area (Å²) >= 11 is 0. The van der Waals surface area contributed by atoms with Gasteiger partial charge in [-0.3, -0.25) is 4.79 Å². The molecule has 2 unspecified atom stereocenters. The normalized spacial score (nSPS) is 55.3. The molecule has 7 heteroatoms. The van der Waals surface area contributed by atoms with Gasteiger partial charge in [0, 0.05) is 17.8 Å². The Hall–Kier alpha value is -1.25. The maximum Gasteiger partial charge on any atom is 0.213 e. The molecule has 7 nitrogen and oxygen atoms in total. The number of rotatable bonds is 0. The first-order chi connectivity index (χ1) is 17.0. The summed E-state index contributed by atoms with van der Waals surface area (Å²) < 4.78 is 33.0. The molecule has 0 aromatic heterocycles. The Morgan fingerprint density at radius 2 is 1.92 bits per heavy atom. The number of allylic oxidation sites excluding steroid dienone is 1. The zero-order valence-electron chi connectivity index (χ0n) is 21.8. The molecule has 10 atom stereocenters. The lowest BCUT2D eigenvalue weighted by molar-refractivity contribution is -0.527. The van der Waals surface area contributed by atoms with Crippen LogP contribution in [0.15, 0.2) is 23.5 Å². The van der Waals surface area contributed by atoms with E-state index in [2.05, 4.69) is 20.4 Å². The molecule has 0 amide bonds. The third kappa shape index (κ3) is 2.19. The zero-order chi connectivity index (χ0) is 25.0. The molecule has 0 aromatic rings. The van der Waals surface area contributed by atoms with Gasteiger partial charge in [0.1, 0.15) is 17.3 Å². The molecule has 0 radical (unpaired) electrons. The Labute approximate surface area is 212 Å². The molecule has 9 aliphatic rings. The Morgan fingerprint density at radius 3 is 2.72 bits per heavy atom. The maximum absolute atomic E-state index is 14.4. The zero-order valence-corrected chi connectivity index (χ0v) is 21.8. The molecular formula is C29H38O7. The first-order valence-corrected chi connectivity index (χ1v) is 13.9. The topological polar surface area (TPSA) is 83.5 Å². The number of Topliss-reactive ketones (excluding diaryl/α,β-unsaturated/α-hetero) is 1. The standard InChI is InChI=1S/C29H38O7/c1-14-17-8-9-18-27-13-33-29(28(18,20(14)30)23(17)35-26(4,5)36-29)21(31)19(27)25(2,3)12-16-11-15-7-6-10-32-24(15)34-22(16)27/h15,17-19,21,23-24,31H,1,6-13H2,2-5H3/t15-,17-,18-,19+,21-,23+,24+,27-,28?,29?/m0/s1. The van der Waals surface area contributed by atoms with Crippen LogP contribution in [0.25, 0.3) is 0 Å². The first-order valence-electron chi connectivity index (χ1n) is 13.9. The van der Waals surface area contributed by atoms with Gasteiger partial charge >= 0.3 is 0 Å². The van der Waals surface area contributed by atoms with Gasteiger partial charge in [0.25, 0.3) is 0 Å². The van der Waals surface area contributed by atoms with Gasteiger partial charge in [0.15, 0.2) is 11.6 Å². The highest BCUT2D eigenvalue weighted by Gasteiger charge is 2.90. The fraction of sp³-hybridized carbons (Fsp3) is 0.828. The van der Waals surface area contributed by atoms with Crippen molar-refractivity contribution in [2.75, 3.05) is 13.2 Å². The van der Waals surface area contributed by atoms with Gasteiger partial charge in [-0.2, -0.15) is 0 Å². The second kappa shape index (κ2) is 6.48. The second-order valence-electron chi connectivity index (χ2n) is 14.0. The van der Waals surface area contributed by atoms with Crippen molar-refractivity contribution in [2.24, 2.45) is 39.9 Å². The number of carbonyl (C=O) groups is 1. The van der Waals surface area contributed by atoms with E-state index in [-0.39, 0.29) is 35.2 Å². The van der Waals surface area contributed by atoms with E-state index in [1.165, 1.54) is 5.57 Å². The molecule has 4 saturated heterocycles. The number of aliphatic hydroxyl groups is 1. The summed E-state index contributed by atoms with van der Waals surface area (Å²) in [5.41, 5.74) is -0.0639. The van der Waals surface area contributed by atoms with E-state index >= 15 is 0 Å². The van der Waals surface area contributed by atoms with Crippen molar-refractivity contribution in [1.29, 1.82) is 0 Å². The van der Waals surface area contributed by atoms with Crippen molar-refractivity contribution in [3.63, 3.8) is 0 Å². The Kier molecular flexibility index (Phi) is 4.09. The summed E-state index contributed by atoms with van der Waals surface area (Å²) in [4.78, 5) is 14.4. The second-order valence-corrected chi connectivity index (χ2v) is 14.0. The highest BCUT2D eigenvalue weighted by atomic mass is 16.8. The number of ketones is 1. The van der Waals surface area contributed by atoms with E-state index in [1.54, 1.807) is 0 Å². The third-order valence-electron chi connectivity index (χ3n) is 11.4. The van der Waals surface area contributed by atoms with Crippen LogP contribution in [0.3, 0.4) is 0 Å². The predicted octanol–water partition coefficient (Wildman–Crippen LogP) is 3.85. The highest BCUT2D eigenvalue weighted by molar-refractivity contribution is 6.05. The quantitative estimate of drug-likeness (QED) is 0.508. The Balaban J connectivity index is 1.40. The molecule has 36 heavy (non-hydrogen) atoms. The van der Waals surface area contributed by atoms with Crippen LogP contribution in [0, 0.1) is 39.9 Å². The maximum atomic E-state index is 14.4. The van der Waals surface area contributed by atoms with Gasteiger partial charge in [0.05, 0.1) is 24.7 Å². The van der Waals surface area contributed by atoms with Gasteiger partial charge in [-0.05, 0) is 74.9 Å². The first kappa shape index (κ1) is 22.7. The average Bonchev–Trinajstić information content (AvgIpc) is 2.93. The van der Waals surface area contributed by atoms with Crippen LogP contribution >= 0.6 is 0 Å². The minimum absolute atomic E-state index is 0.0415. The lowest BCUT2D eigenvalue weighted by Gasteiger charge is -2.77. The van der Waals surface area contributed by atoms with E-state index in [0.717, 1.165) is 44.3 Å². The van der Waals surface area contributed by atoms with Crippen LogP contribution in [0.1, 0.15) is 66.2 Å². The minimum Gasteiger partial charge on any atom is -0.468 e. The van der Waals surface area contributed by atoms with Crippen molar-refractivity contribution in [3.8, 4) is 0 Å². The molecule has 4 bridgehead atoms. The summed E-state index contributed by atoms with van der Waals surface area (Å²) in [6, 6.07) is 0. The van der Waals surface area contributed by atoms with Crippen molar-refractivity contribution in [2.45, 2.75) is 96.3 Å². The van der Waals surface area contributed by atoms with Crippen LogP contribution in [0.2, 0.25) is 0 Å². The molecule has 196 valence electrons. The lowest BCUT2D eigenvalue weighted by Crippen LogP contribution is -2.87. The van der Waals surface area contributed by atoms with Crippen molar-refractivity contribution in [1.82, 2.24) is 0 Å². The lowest BCUT2D eigenvalue weighted by atomic mass is 9.36. The summed E-state index contributed by atoms with van der Waals surface area (Å²) in [5.74, 6) is -1.58. The van der Waals surface area contributed by atoms with Crippen LogP contribution < -0.4 is 0 Å². The average molecular weight is 499 g/mol. The van der Waals surface area contributed by atoms with Crippen LogP contribution in [-0.2, 0) is 28.5 Å². The Bertz CT molecular complexity index is 1120. The number of carbonyl (C=O) groups excluding carboxylic acids is 1. The SMILES string of the molecule is C=C1C(=O)C23[C@@H]4OC(C)(C)OC25OC[C@]2(C6=C(C[C@@H]7CCCO[C@@H]7O6)CC(C)(C)[C@H]2[C@@H]5O)[C@@H]3CC[C@@H]14.